The van der Waals surface area contributed by atoms with Crippen molar-refractivity contribution in [1.82, 2.24) is 9.97 Å². The van der Waals surface area contributed by atoms with E-state index in [2.05, 4.69) is 28.2 Å². The largest absolute Gasteiger partial charge is 0.330 e. The maximum atomic E-state index is 5.37. The normalized spacial score (nSPS) is 10.6. The van der Waals surface area contributed by atoms with Gasteiger partial charge in [-0.1, -0.05) is 42.5 Å². The number of aromatic nitrogens is 2. The van der Waals surface area contributed by atoms with Crippen molar-refractivity contribution in [3.63, 3.8) is 0 Å². The van der Waals surface area contributed by atoms with Crippen molar-refractivity contribution >= 4 is 23.3 Å². The Morgan fingerprint density at radius 1 is 1.00 bits per heavy atom. The Morgan fingerprint density at radius 3 is 2.65 bits per heavy atom. The molecule has 0 aliphatic rings. The van der Waals surface area contributed by atoms with Crippen molar-refractivity contribution < 1.29 is 0 Å². The Kier molecular flexibility index (Phi) is 2.46. The molecule has 0 amide bonds. The van der Waals surface area contributed by atoms with Crippen molar-refractivity contribution in [1.29, 1.82) is 0 Å². The molecule has 2 heterocycles. The van der Waals surface area contributed by atoms with Crippen LogP contribution < -0.4 is 0 Å². The molecule has 0 unspecified atom stereocenters. The molecule has 2 nitrogen and oxygen atoms in total. The minimum Gasteiger partial charge on any atom is -0.330 e. The average molecular weight is 238 g/mol. The molecule has 0 spiro atoms. The van der Waals surface area contributed by atoms with Crippen molar-refractivity contribution in [2.24, 2.45) is 0 Å². The molecule has 3 aromatic rings. The summed E-state index contributed by atoms with van der Waals surface area (Å²) in [7, 11) is 0. The van der Waals surface area contributed by atoms with Gasteiger partial charge in [0.2, 0.25) is 0 Å². The third-order valence-corrected chi connectivity index (χ3v) is 3.02. The molecule has 1 N–H and O–H groups in total. The van der Waals surface area contributed by atoms with Gasteiger partial charge in [0.15, 0.2) is 0 Å². The monoisotopic (exact) mass is 238 g/mol. The summed E-state index contributed by atoms with van der Waals surface area (Å²) in [6, 6.07) is 16.2. The van der Waals surface area contributed by atoms with E-state index in [0.717, 1.165) is 26.8 Å². The van der Waals surface area contributed by atoms with E-state index in [9.17, 15) is 0 Å². The van der Waals surface area contributed by atoms with Crippen LogP contribution in [-0.2, 0) is 0 Å². The molecular weight excluding hydrogens is 228 g/mol. The van der Waals surface area contributed by atoms with E-state index in [1.165, 1.54) is 0 Å². The lowest BCUT2D eigenvalue weighted by atomic mass is 10.1. The molecule has 0 aliphatic heterocycles. The summed E-state index contributed by atoms with van der Waals surface area (Å²) in [6.45, 7) is 0. The van der Waals surface area contributed by atoms with Crippen LogP contribution in [0.5, 0.6) is 0 Å². The molecule has 1 aromatic carbocycles. The predicted molar refractivity (Wildman–Crippen MR) is 72.4 cm³/mol. The Balaban J connectivity index is 2.31. The first-order chi connectivity index (χ1) is 8.34. The van der Waals surface area contributed by atoms with Crippen LogP contribution in [0.3, 0.4) is 0 Å². The fourth-order valence-electron chi connectivity index (χ4n) is 1.87. The Hall–Kier alpha value is -2.00. The van der Waals surface area contributed by atoms with Crippen LogP contribution in [0.25, 0.3) is 22.2 Å². The van der Waals surface area contributed by atoms with Gasteiger partial charge in [-0.15, -0.1) is 0 Å². The highest BCUT2D eigenvalue weighted by atomic mass is 32.1. The van der Waals surface area contributed by atoms with E-state index >= 15 is 0 Å². The number of aromatic amines is 1. The van der Waals surface area contributed by atoms with E-state index in [0.29, 0.717) is 0 Å². The fourth-order valence-corrected chi connectivity index (χ4v) is 2.14. The van der Waals surface area contributed by atoms with Crippen LogP contribution in [0.1, 0.15) is 0 Å². The average Bonchev–Trinajstić information content (AvgIpc) is 2.39. The molecule has 0 aliphatic carbocycles. The second-order valence-electron chi connectivity index (χ2n) is 3.82. The lowest BCUT2D eigenvalue weighted by molar-refractivity contribution is 1.27. The summed E-state index contributed by atoms with van der Waals surface area (Å²) in [5.74, 6) is 0. The van der Waals surface area contributed by atoms with Gasteiger partial charge in [-0.25, -0.2) is 4.98 Å². The molecule has 0 saturated carbocycles. The van der Waals surface area contributed by atoms with Gasteiger partial charge in [-0.05, 0) is 23.8 Å². The first-order valence-corrected chi connectivity index (χ1v) is 5.79. The first-order valence-electron chi connectivity index (χ1n) is 5.38. The SMILES string of the molecule is S=c1[nH]c2ncccc2cc1-c1ccccc1. The second-order valence-corrected chi connectivity index (χ2v) is 4.23. The van der Waals surface area contributed by atoms with Crippen LogP contribution in [0, 0.1) is 4.64 Å². The highest BCUT2D eigenvalue weighted by molar-refractivity contribution is 7.71. The van der Waals surface area contributed by atoms with Gasteiger partial charge in [0.1, 0.15) is 10.3 Å². The summed E-state index contributed by atoms with van der Waals surface area (Å²) in [4.78, 5) is 7.42. The van der Waals surface area contributed by atoms with Crippen LogP contribution in [0.4, 0.5) is 0 Å². The van der Waals surface area contributed by atoms with Crippen molar-refractivity contribution in [2.75, 3.05) is 0 Å². The molecular formula is C14H10N2S. The maximum Gasteiger partial charge on any atom is 0.138 e. The zero-order valence-corrected chi connectivity index (χ0v) is 9.87. The fraction of sp³-hybridized carbons (Fsp3) is 0. The van der Waals surface area contributed by atoms with Crippen molar-refractivity contribution in [2.45, 2.75) is 0 Å². The number of rotatable bonds is 1. The summed E-state index contributed by atoms with van der Waals surface area (Å²) in [5.41, 5.74) is 3.00. The minimum atomic E-state index is 0.724. The molecule has 17 heavy (non-hydrogen) atoms. The van der Waals surface area contributed by atoms with E-state index in [4.69, 9.17) is 12.2 Å². The number of nitrogens with zero attached hydrogens (tertiary/aromatic N) is 1. The minimum absolute atomic E-state index is 0.724. The van der Waals surface area contributed by atoms with Crippen LogP contribution in [0.2, 0.25) is 0 Å². The van der Waals surface area contributed by atoms with E-state index in [-0.39, 0.29) is 0 Å². The van der Waals surface area contributed by atoms with Crippen LogP contribution in [-0.4, -0.2) is 9.97 Å². The number of hydrogen-bond donors (Lipinski definition) is 1. The highest BCUT2D eigenvalue weighted by Gasteiger charge is 2.02. The molecule has 3 rings (SSSR count). The smallest absolute Gasteiger partial charge is 0.138 e. The molecule has 2 aromatic heterocycles. The molecule has 0 atom stereocenters. The number of benzene rings is 1. The van der Waals surface area contributed by atoms with E-state index < -0.39 is 0 Å². The van der Waals surface area contributed by atoms with Gasteiger partial charge in [-0.2, -0.15) is 0 Å². The Labute approximate surface area is 104 Å². The predicted octanol–water partition coefficient (Wildman–Crippen LogP) is 3.96. The Bertz CT molecular complexity index is 717. The lowest BCUT2D eigenvalue weighted by Crippen LogP contribution is -1.87. The number of H-pyrrole nitrogens is 1. The molecule has 3 heteroatoms. The van der Waals surface area contributed by atoms with Crippen molar-refractivity contribution in [3.05, 3.63) is 59.4 Å². The van der Waals surface area contributed by atoms with Gasteiger partial charge in [-0.3, -0.25) is 0 Å². The molecule has 82 valence electrons. The van der Waals surface area contributed by atoms with Crippen LogP contribution >= 0.6 is 12.2 Å². The summed E-state index contributed by atoms with van der Waals surface area (Å²) in [6.07, 6.45) is 1.76. The summed E-state index contributed by atoms with van der Waals surface area (Å²) >= 11 is 5.37. The standard InChI is InChI=1S/C14H10N2S/c17-14-12(10-5-2-1-3-6-10)9-11-7-4-8-15-13(11)16-14/h1-9H,(H,15,16,17). The third kappa shape index (κ3) is 1.85. The quantitative estimate of drug-likeness (QED) is 0.650. The van der Waals surface area contributed by atoms with Gasteiger partial charge in [0.05, 0.1) is 0 Å². The lowest BCUT2D eigenvalue weighted by Gasteiger charge is -2.04. The van der Waals surface area contributed by atoms with Gasteiger partial charge in [0, 0.05) is 17.1 Å². The zero-order valence-electron chi connectivity index (χ0n) is 9.05. The summed E-state index contributed by atoms with van der Waals surface area (Å²) in [5, 5.41) is 1.07. The third-order valence-electron chi connectivity index (χ3n) is 2.70. The second kappa shape index (κ2) is 4.11. The molecule has 0 radical (unpaired) electrons. The number of hydrogen-bond acceptors (Lipinski definition) is 2. The number of pyridine rings is 2. The molecule has 0 saturated heterocycles. The Morgan fingerprint density at radius 2 is 1.82 bits per heavy atom. The van der Waals surface area contributed by atoms with E-state index in [1.54, 1.807) is 6.20 Å². The molecule has 0 fully saturated rings. The molecule has 0 bridgehead atoms. The number of fused-ring (bicyclic) bond motifs is 1. The maximum absolute atomic E-state index is 5.37. The highest BCUT2D eigenvalue weighted by Crippen LogP contribution is 2.22. The van der Waals surface area contributed by atoms with E-state index in [1.807, 2.05) is 30.3 Å². The first kappa shape index (κ1) is 10.2. The van der Waals surface area contributed by atoms with Gasteiger partial charge in [0.25, 0.3) is 0 Å². The van der Waals surface area contributed by atoms with Crippen LogP contribution in [0.15, 0.2) is 54.7 Å². The number of nitrogens with one attached hydrogen (secondary N) is 1. The topological polar surface area (TPSA) is 28.7 Å². The zero-order chi connectivity index (χ0) is 11.7. The van der Waals surface area contributed by atoms with Crippen molar-refractivity contribution in [3.8, 4) is 11.1 Å². The van der Waals surface area contributed by atoms with Gasteiger partial charge >= 0.3 is 0 Å². The van der Waals surface area contributed by atoms with Gasteiger partial charge < -0.3 is 4.98 Å². The summed E-state index contributed by atoms with van der Waals surface area (Å²) < 4.78 is 0.724.